The Hall–Kier alpha value is -1.20. The summed E-state index contributed by atoms with van der Waals surface area (Å²) in [7, 11) is 0. The number of hydrogen-bond donors (Lipinski definition) is 0. The largest absolute Gasteiger partial charge is 0.302 e. The van der Waals surface area contributed by atoms with Gasteiger partial charge in [-0.3, -0.25) is 9.36 Å². The van der Waals surface area contributed by atoms with Crippen molar-refractivity contribution >= 4 is 26.8 Å². The number of benzene rings is 1. The summed E-state index contributed by atoms with van der Waals surface area (Å²) in [5.74, 6) is 0. The Labute approximate surface area is 121 Å². The zero-order valence-corrected chi connectivity index (χ0v) is 12.9. The van der Waals surface area contributed by atoms with Gasteiger partial charge in [0.05, 0.1) is 17.2 Å². The van der Waals surface area contributed by atoms with Gasteiger partial charge in [0.2, 0.25) is 0 Å². The molecule has 1 aromatic heterocycles. The molecule has 0 radical (unpaired) electrons. The molecule has 102 valence electrons. The molecule has 0 unspecified atom stereocenters. The van der Waals surface area contributed by atoms with Crippen LogP contribution >= 0.6 is 15.9 Å². The van der Waals surface area contributed by atoms with Crippen molar-refractivity contribution in [3.05, 3.63) is 39.4 Å². The van der Waals surface area contributed by atoms with Gasteiger partial charge in [-0.2, -0.15) is 0 Å². The highest BCUT2D eigenvalue weighted by Crippen LogP contribution is 2.14. The summed E-state index contributed by atoms with van der Waals surface area (Å²) < 4.78 is 2.59. The van der Waals surface area contributed by atoms with Crippen LogP contribution in [-0.2, 0) is 6.54 Å². The number of hydrogen-bond acceptors (Lipinski definition) is 3. The van der Waals surface area contributed by atoms with Crippen molar-refractivity contribution in [3.8, 4) is 0 Å². The Kier molecular flexibility index (Phi) is 4.71. The standard InChI is InChI=1S/C14H18BrN3O/c1-3-17(4-2)7-8-18-10-16-13-6-5-11(15)9-12(13)14(18)19/h5-6,9-10H,3-4,7-8H2,1-2H3. The average molecular weight is 324 g/mol. The van der Waals surface area contributed by atoms with E-state index in [2.05, 4.69) is 39.7 Å². The third-order valence-electron chi connectivity index (χ3n) is 3.34. The van der Waals surface area contributed by atoms with E-state index in [1.165, 1.54) is 0 Å². The van der Waals surface area contributed by atoms with Crippen molar-refractivity contribution in [2.24, 2.45) is 0 Å². The molecule has 0 saturated heterocycles. The number of likely N-dealkylation sites (N-methyl/N-ethyl adjacent to an activating group) is 1. The van der Waals surface area contributed by atoms with Gasteiger partial charge in [0.25, 0.3) is 5.56 Å². The lowest BCUT2D eigenvalue weighted by Gasteiger charge is -2.18. The molecular formula is C14H18BrN3O. The lowest BCUT2D eigenvalue weighted by molar-refractivity contribution is 0.289. The molecule has 0 aliphatic carbocycles. The van der Waals surface area contributed by atoms with Crippen LogP contribution in [-0.4, -0.2) is 34.1 Å². The summed E-state index contributed by atoms with van der Waals surface area (Å²) >= 11 is 3.39. The topological polar surface area (TPSA) is 38.1 Å². The SMILES string of the molecule is CCN(CC)CCn1cnc2ccc(Br)cc2c1=O. The first-order valence-corrected chi connectivity index (χ1v) is 7.32. The van der Waals surface area contributed by atoms with E-state index < -0.39 is 0 Å². The van der Waals surface area contributed by atoms with E-state index in [4.69, 9.17) is 0 Å². The second-order valence-electron chi connectivity index (χ2n) is 4.43. The smallest absolute Gasteiger partial charge is 0.261 e. The molecule has 2 aromatic rings. The highest BCUT2D eigenvalue weighted by molar-refractivity contribution is 9.10. The second kappa shape index (κ2) is 6.30. The third kappa shape index (κ3) is 3.22. The minimum atomic E-state index is 0.0263. The Morgan fingerprint density at radius 1 is 1.32 bits per heavy atom. The molecular weight excluding hydrogens is 306 g/mol. The molecule has 1 aromatic carbocycles. The molecule has 0 atom stereocenters. The van der Waals surface area contributed by atoms with Crippen LogP contribution in [0.15, 0.2) is 33.8 Å². The first kappa shape index (κ1) is 14.2. The summed E-state index contributed by atoms with van der Waals surface area (Å²) in [5, 5.41) is 0.663. The molecule has 4 nitrogen and oxygen atoms in total. The lowest BCUT2D eigenvalue weighted by atomic mass is 10.2. The minimum absolute atomic E-state index is 0.0263. The van der Waals surface area contributed by atoms with Crippen molar-refractivity contribution in [1.29, 1.82) is 0 Å². The van der Waals surface area contributed by atoms with E-state index in [0.717, 1.165) is 29.6 Å². The molecule has 0 aliphatic heterocycles. The molecule has 0 amide bonds. The summed E-state index contributed by atoms with van der Waals surface area (Å²) in [5.41, 5.74) is 0.769. The predicted octanol–water partition coefficient (Wildman–Crippen LogP) is 2.50. The van der Waals surface area contributed by atoms with Gasteiger partial charge in [-0.15, -0.1) is 0 Å². The monoisotopic (exact) mass is 323 g/mol. The summed E-state index contributed by atoms with van der Waals surface area (Å²) in [4.78, 5) is 19.0. The van der Waals surface area contributed by atoms with Gasteiger partial charge in [0.1, 0.15) is 0 Å². The Balaban J connectivity index is 2.29. The molecule has 0 N–H and O–H groups in total. The first-order chi connectivity index (χ1) is 9.15. The van der Waals surface area contributed by atoms with E-state index >= 15 is 0 Å². The quantitative estimate of drug-likeness (QED) is 0.848. The fourth-order valence-electron chi connectivity index (χ4n) is 2.08. The Morgan fingerprint density at radius 2 is 2.05 bits per heavy atom. The summed E-state index contributed by atoms with van der Waals surface area (Å²) in [6.45, 7) is 7.80. The van der Waals surface area contributed by atoms with Gasteiger partial charge < -0.3 is 4.90 Å². The van der Waals surface area contributed by atoms with Crippen LogP contribution in [0.1, 0.15) is 13.8 Å². The van der Waals surface area contributed by atoms with E-state index in [9.17, 15) is 4.79 Å². The highest BCUT2D eigenvalue weighted by atomic mass is 79.9. The highest BCUT2D eigenvalue weighted by Gasteiger charge is 2.06. The second-order valence-corrected chi connectivity index (χ2v) is 5.35. The van der Waals surface area contributed by atoms with E-state index in [0.29, 0.717) is 11.9 Å². The summed E-state index contributed by atoms with van der Waals surface area (Å²) in [6, 6.07) is 5.59. The molecule has 19 heavy (non-hydrogen) atoms. The van der Waals surface area contributed by atoms with Crippen molar-refractivity contribution in [1.82, 2.24) is 14.5 Å². The number of aromatic nitrogens is 2. The van der Waals surface area contributed by atoms with Crippen LogP contribution in [0.25, 0.3) is 10.9 Å². The average Bonchev–Trinajstić information content (AvgIpc) is 2.42. The normalized spacial score (nSPS) is 11.4. The fraction of sp³-hybridized carbons (Fsp3) is 0.429. The van der Waals surface area contributed by atoms with E-state index in [1.807, 2.05) is 18.2 Å². The molecule has 0 aliphatic rings. The number of halogens is 1. The fourth-order valence-corrected chi connectivity index (χ4v) is 2.44. The molecule has 0 fully saturated rings. The van der Waals surface area contributed by atoms with Crippen molar-refractivity contribution in [3.63, 3.8) is 0 Å². The van der Waals surface area contributed by atoms with Crippen LogP contribution in [0, 0.1) is 0 Å². The van der Waals surface area contributed by atoms with Crippen LogP contribution in [0.2, 0.25) is 0 Å². The number of rotatable bonds is 5. The zero-order chi connectivity index (χ0) is 13.8. The predicted molar refractivity (Wildman–Crippen MR) is 81.5 cm³/mol. The summed E-state index contributed by atoms with van der Waals surface area (Å²) in [6.07, 6.45) is 1.64. The molecule has 2 rings (SSSR count). The molecule has 0 bridgehead atoms. The number of nitrogens with zero attached hydrogens (tertiary/aromatic N) is 3. The number of fused-ring (bicyclic) bond motifs is 1. The molecule has 1 heterocycles. The Morgan fingerprint density at radius 3 is 2.74 bits per heavy atom. The zero-order valence-electron chi connectivity index (χ0n) is 11.3. The third-order valence-corrected chi connectivity index (χ3v) is 3.83. The Bertz CT molecular complexity index is 620. The van der Waals surface area contributed by atoms with Gasteiger partial charge in [-0.1, -0.05) is 29.8 Å². The van der Waals surface area contributed by atoms with Gasteiger partial charge in [-0.05, 0) is 31.3 Å². The van der Waals surface area contributed by atoms with Gasteiger partial charge >= 0.3 is 0 Å². The van der Waals surface area contributed by atoms with Crippen molar-refractivity contribution in [2.45, 2.75) is 20.4 Å². The van der Waals surface area contributed by atoms with Gasteiger partial charge in [0.15, 0.2) is 0 Å². The maximum atomic E-state index is 12.4. The maximum absolute atomic E-state index is 12.4. The maximum Gasteiger partial charge on any atom is 0.261 e. The van der Waals surface area contributed by atoms with Gasteiger partial charge in [0, 0.05) is 17.6 Å². The van der Waals surface area contributed by atoms with Crippen LogP contribution in [0.3, 0.4) is 0 Å². The van der Waals surface area contributed by atoms with Crippen molar-refractivity contribution in [2.75, 3.05) is 19.6 Å². The van der Waals surface area contributed by atoms with Crippen molar-refractivity contribution < 1.29 is 0 Å². The molecule has 0 spiro atoms. The molecule has 5 heteroatoms. The van der Waals surface area contributed by atoms with E-state index in [1.54, 1.807) is 10.9 Å². The van der Waals surface area contributed by atoms with Crippen LogP contribution in [0.5, 0.6) is 0 Å². The molecule has 0 saturated carbocycles. The minimum Gasteiger partial charge on any atom is -0.302 e. The lowest BCUT2D eigenvalue weighted by Crippen LogP contribution is -2.31. The van der Waals surface area contributed by atoms with Crippen LogP contribution in [0.4, 0.5) is 0 Å². The van der Waals surface area contributed by atoms with Crippen LogP contribution < -0.4 is 5.56 Å². The van der Waals surface area contributed by atoms with Gasteiger partial charge in [-0.25, -0.2) is 4.98 Å². The van der Waals surface area contributed by atoms with E-state index in [-0.39, 0.29) is 5.56 Å². The first-order valence-electron chi connectivity index (χ1n) is 6.52.